The van der Waals surface area contributed by atoms with E-state index >= 15 is 0 Å². The van der Waals surface area contributed by atoms with Gasteiger partial charge in [0, 0.05) is 18.3 Å². The lowest BCUT2D eigenvalue weighted by Gasteiger charge is -2.05. The zero-order chi connectivity index (χ0) is 17.4. The fraction of sp³-hybridized carbons (Fsp3) is 0.118. The van der Waals surface area contributed by atoms with Gasteiger partial charge in [0.05, 0.1) is 5.56 Å². The van der Waals surface area contributed by atoms with E-state index < -0.39 is 12.1 Å². The number of carbonyl (C=O) groups is 2. The fourth-order valence-electron chi connectivity index (χ4n) is 1.86. The summed E-state index contributed by atoms with van der Waals surface area (Å²) in [7, 11) is 0. The third-order valence-corrected chi connectivity index (χ3v) is 3.21. The molecule has 2 aromatic rings. The van der Waals surface area contributed by atoms with Crippen molar-refractivity contribution in [3.05, 3.63) is 70.5 Å². The monoisotopic (exact) mass is 346 g/mol. The number of carboxylic acids is 1. The molecular weight excluding hydrogens is 332 g/mol. The number of alkyl carbamates (subject to hydrolysis) is 1. The lowest BCUT2D eigenvalue weighted by atomic mass is 10.1. The van der Waals surface area contributed by atoms with Crippen molar-refractivity contribution in [3.63, 3.8) is 0 Å². The van der Waals surface area contributed by atoms with Crippen molar-refractivity contribution >= 4 is 29.7 Å². The maximum atomic E-state index is 11.6. The number of carbonyl (C=O) groups excluding carboxylic acids is 1. The SMILES string of the molecule is O=C(NCC=Cc1cnc(Cl)cc1C(=O)O)OCc1ccccc1. The largest absolute Gasteiger partial charge is 0.478 e. The van der Waals surface area contributed by atoms with Crippen LogP contribution in [0.1, 0.15) is 21.5 Å². The van der Waals surface area contributed by atoms with Crippen molar-refractivity contribution in [1.82, 2.24) is 10.3 Å². The zero-order valence-corrected chi connectivity index (χ0v) is 13.4. The summed E-state index contributed by atoms with van der Waals surface area (Å²) < 4.78 is 5.05. The number of hydrogen-bond acceptors (Lipinski definition) is 4. The Morgan fingerprint density at radius 3 is 2.75 bits per heavy atom. The van der Waals surface area contributed by atoms with Crippen molar-refractivity contribution in [1.29, 1.82) is 0 Å². The first-order valence-electron chi connectivity index (χ1n) is 7.06. The van der Waals surface area contributed by atoms with Crippen LogP contribution in [0.15, 0.2) is 48.7 Å². The summed E-state index contributed by atoms with van der Waals surface area (Å²) in [6.45, 7) is 0.371. The van der Waals surface area contributed by atoms with Gasteiger partial charge in [-0.25, -0.2) is 14.6 Å². The summed E-state index contributed by atoms with van der Waals surface area (Å²) in [5, 5.41) is 11.7. The lowest BCUT2D eigenvalue weighted by molar-refractivity contribution is 0.0696. The first-order chi connectivity index (χ1) is 11.6. The molecule has 0 radical (unpaired) electrons. The number of rotatable bonds is 6. The highest BCUT2D eigenvalue weighted by atomic mass is 35.5. The smallest absolute Gasteiger partial charge is 0.407 e. The number of nitrogens with zero attached hydrogens (tertiary/aromatic N) is 1. The number of aromatic carboxylic acids is 1. The lowest BCUT2D eigenvalue weighted by Crippen LogP contribution is -2.24. The summed E-state index contributed by atoms with van der Waals surface area (Å²) in [6, 6.07) is 10.6. The molecular formula is C17H15ClN2O4. The van der Waals surface area contributed by atoms with E-state index in [2.05, 4.69) is 10.3 Å². The van der Waals surface area contributed by atoms with Crippen LogP contribution in [-0.2, 0) is 11.3 Å². The molecule has 0 spiro atoms. The number of amides is 1. The van der Waals surface area contributed by atoms with Crippen molar-refractivity contribution < 1.29 is 19.4 Å². The van der Waals surface area contributed by atoms with Crippen LogP contribution in [0.25, 0.3) is 6.08 Å². The Hall–Kier alpha value is -2.86. The Morgan fingerprint density at radius 2 is 2.04 bits per heavy atom. The molecule has 0 aliphatic heterocycles. The van der Waals surface area contributed by atoms with Gasteiger partial charge < -0.3 is 15.2 Å². The molecule has 24 heavy (non-hydrogen) atoms. The highest BCUT2D eigenvalue weighted by Crippen LogP contribution is 2.14. The Labute approximate surface area is 143 Å². The van der Waals surface area contributed by atoms with Crippen molar-refractivity contribution in [2.24, 2.45) is 0 Å². The van der Waals surface area contributed by atoms with Crippen LogP contribution < -0.4 is 5.32 Å². The van der Waals surface area contributed by atoms with Gasteiger partial charge in [0.15, 0.2) is 0 Å². The third kappa shape index (κ3) is 5.40. The number of carboxylic acid groups (broad SMARTS) is 1. The predicted octanol–water partition coefficient (Wildman–Crippen LogP) is 3.37. The first-order valence-corrected chi connectivity index (χ1v) is 7.44. The Morgan fingerprint density at radius 1 is 1.29 bits per heavy atom. The molecule has 6 nitrogen and oxygen atoms in total. The standard InChI is InChI=1S/C17H15ClN2O4/c18-15-9-14(16(21)22)13(10-20-15)7-4-8-19-17(23)24-11-12-5-2-1-3-6-12/h1-7,9-10H,8,11H2,(H,19,23)(H,21,22). The second kappa shape index (κ2) is 8.69. The Bertz CT molecular complexity index is 748. The number of halogens is 1. The molecule has 124 valence electrons. The molecule has 1 aromatic carbocycles. The number of hydrogen-bond donors (Lipinski definition) is 2. The molecule has 2 rings (SSSR count). The van der Waals surface area contributed by atoms with Crippen molar-refractivity contribution in [2.75, 3.05) is 6.54 Å². The Kier molecular flexibility index (Phi) is 6.33. The first kappa shape index (κ1) is 17.5. The van der Waals surface area contributed by atoms with Crippen LogP contribution in [0.3, 0.4) is 0 Å². The molecule has 1 aromatic heterocycles. The van der Waals surface area contributed by atoms with E-state index in [4.69, 9.17) is 21.4 Å². The molecule has 1 amide bonds. The summed E-state index contributed by atoms with van der Waals surface area (Å²) in [5.41, 5.74) is 1.32. The summed E-state index contributed by atoms with van der Waals surface area (Å²) >= 11 is 5.68. The predicted molar refractivity (Wildman–Crippen MR) is 89.9 cm³/mol. The van der Waals surface area contributed by atoms with Crippen LogP contribution >= 0.6 is 11.6 Å². The number of pyridine rings is 1. The molecule has 0 saturated heterocycles. The number of aromatic nitrogens is 1. The number of ether oxygens (including phenoxy) is 1. The van der Waals surface area contributed by atoms with E-state index in [1.807, 2.05) is 30.3 Å². The molecule has 0 fully saturated rings. The van der Waals surface area contributed by atoms with Crippen LogP contribution in [0.2, 0.25) is 5.15 Å². The molecule has 0 aliphatic rings. The van der Waals surface area contributed by atoms with Gasteiger partial charge in [0.2, 0.25) is 0 Å². The molecule has 7 heteroatoms. The van der Waals surface area contributed by atoms with E-state index in [1.54, 1.807) is 12.2 Å². The second-order valence-corrected chi connectivity index (χ2v) is 5.13. The molecule has 2 N–H and O–H groups in total. The molecule has 0 saturated carbocycles. The normalized spacial score (nSPS) is 10.5. The van der Waals surface area contributed by atoms with E-state index in [0.717, 1.165) is 5.56 Å². The van der Waals surface area contributed by atoms with Crippen LogP contribution in [-0.4, -0.2) is 28.7 Å². The van der Waals surface area contributed by atoms with Crippen molar-refractivity contribution in [3.8, 4) is 0 Å². The fourth-order valence-corrected chi connectivity index (χ4v) is 2.02. The summed E-state index contributed by atoms with van der Waals surface area (Å²) in [4.78, 5) is 26.5. The Balaban J connectivity index is 1.82. The molecule has 0 unspecified atom stereocenters. The van der Waals surface area contributed by atoms with Gasteiger partial charge in [-0.05, 0) is 11.6 Å². The van der Waals surface area contributed by atoms with Gasteiger partial charge in [-0.2, -0.15) is 0 Å². The van der Waals surface area contributed by atoms with E-state index in [0.29, 0.717) is 5.56 Å². The van der Waals surface area contributed by atoms with Gasteiger partial charge in [0.1, 0.15) is 11.8 Å². The molecule has 1 heterocycles. The average molecular weight is 347 g/mol. The van der Waals surface area contributed by atoms with Gasteiger partial charge in [0.25, 0.3) is 0 Å². The number of benzene rings is 1. The van der Waals surface area contributed by atoms with Gasteiger partial charge in [-0.3, -0.25) is 0 Å². The third-order valence-electron chi connectivity index (χ3n) is 3.01. The minimum absolute atomic E-state index is 0.0397. The average Bonchev–Trinajstić information content (AvgIpc) is 2.58. The van der Waals surface area contributed by atoms with Crippen LogP contribution in [0.5, 0.6) is 0 Å². The highest BCUT2D eigenvalue weighted by molar-refractivity contribution is 6.29. The quantitative estimate of drug-likeness (QED) is 0.783. The highest BCUT2D eigenvalue weighted by Gasteiger charge is 2.09. The molecule has 0 atom stereocenters. The van der Waals surface area contributed by atoms with Gasteiger partial charge >= 0.3 is 12.1 Å². The molecule has 0 bridgehead atoms. The second-order valence-electron chi connectivity index (χ2n) is 4.74. The summed E-state index contributed by atoms with van der Waals surface area (Å²) in [5.74, 6) is -1.10. The molecule has 0 aliphatic carbocycles. The van der Waals surface area contributed by atoms with E-state index in [9.17, 15) is 9.59 Å². The number of nitrogens with one attached hydrogen (secondary N) is 1. The maximum absolute atomic E-state index is 11.6. The summed E-state index contributed by atoms with van der Waals surface area (Å²) in [6.07, 6.45) is 3.94. The van der Waals surface area contributed by atoms with Gasteiger partial charge in [-0.15, -0.1) is 0 Å². The topological polar surface area (TPSA) is 88.5 Å². The maximum Gasteiger partial charge on any atom is 0.407 e. The minimum Gasteiger partial charge on any atom is -0.478 e. The van der Waals surface area contributed by atoms with Crippen molar-refractivity contribution in [2.45, 2.75) is 6.61 Å². The van der Waals surface area contributed by atoms with E-state index in [-0.39, 0.29) is 23.9 Å². The van der Waals surface area contributed by atoms with E-state index in [1.165, 1.54) is 12.3 Å². The minimum atomic E-state index is -1.10. The van der Waals surface area contributed by atoms with Crippen LogP contribution in [0.4, 0.5) is 4.79 Å². The van der Waals surface area contributed by atoms with Crippen LogP contribution in [0, 0.1) is 0 Å². The zero-order valence-electron chi connectivity index (χ0n) is 12.6. The van der Waals surface area contributed by atoms with Gasteiger partial charge in [-0.1, -0.05) is 54.1 Å².